The largest absolute Gasteiger partial charge is 0.300 e. The van der Waals surface area contributed by atoms with Crippen molar-refractivity contribution in [2.45, 2.75) is 68.2 Å². The van der Waals surface area contributed by atoms with Crippen molar-refractivity contribution >= 4 is 5.78 Å². The van der Waals surface area contributed by atoms with Crippen molar-refractivity contribution in [2.24, 2.45) is 10.8 Å². The second-order valence-corrected chi connectivity index (χ2v) is 6.35. The van der Waals surface area contributed by atoms with E-state index in [9.17, 15) is 4.79 Å². The standard InChI is InChI=1S/C7H14O.C6H14/c1-6(8)5-7(2,3)4;1-5-6(2,3)4/h5H2,1-4H3;5H2,1-4H3. The van der Waals surface area contributed by atoms with E-state index in [1.54, 1.807) is 6.92 Å². The molecule has 0 aliphatic heterocycles. The van der Waals surface area contributed by atoms with Crippen LogP contribution in [0.15, 0.2) is 0 Å². The summed E-state index contributed by atoms with van der Waals surface area (Å²) in [5, 5.41) is 0. The van der Waals surface area contributed by atoms with Crippen LogP contribution in [0.3, 0.4) is 0 Å². The van der Waals surface area contributed by atoms with E-state index < -0.39 is 0 Å². The molecule has 0 aliphatic carbocycles. The number of hydrogen-bond donors (Lipinski definition) is 0. The summed E-state index contributed by atoms with van der Waals surface area (Å²) in [7, 11) is 0. The summed E-state index contributed by atoms with van der Waals surface area (Å²) in [4.78, 5) is 10.5. The lowest BCUT2D eigenvalue weighted by molar-refractivity contribution is -0.118. The fraction of sp³-hybridized carbons (Fsp3) is 0.923. The van der Waals surface area contributed by atoms with Gasteiger partial charge in [0.05, 0.1) is 0 Å². The third-order valence-corrected chi connectivity index (χ3v) is 1.84. The van der Waals surface area contributed by atoms with Crippen LogP contribution in [-0.4, -0.2) is 5.78 Å². The predicted octanol–water partition coefficient (Wildman–Crippen LogP) is 4.45. The number of hydrogen-bond acceptors (Lipinski definition) is 1. The minimum Gasteiger partial charge on any atom is -0.300 e. The Bertz CT molecular complexity index is 155. The average molecular weight is 200 g/mol. The third-order valence-electron chi connectivity index (χ3n) is 1.84. The Labute approximate surface area is 90.3 Å². The van der Waals surface area contributed by atoms with Gasteiger partial charge in [-0.25, -0.2) is 0 Å². The molecule has 0 spiro atoms. The molecule has 14 heavy (non-hydrogen) atoms. The van der Waals surface area contributed by atoms with E-state index in [2.05, 4.69) is 48.5 Å². The summed E-state index contributed by atoms with van der Waals surface area (Å²) in [5.74, 6) is 0.275. The zero-order chi connectivity index (χ0) is 12.0. The van der Waals surface area contributed by atoms with Crippen molar-refractivity contribution in [3.8, 4) is 0 Å². The molecule has 0 aromatic heterocycles. The Kier molecular flexibility index (Phi) is 7.15. The number of Topliss-reactive ketones (excluding diaryl/α,β-unsaturated/α-hetero) is 1. The lowest BCUT2D eigenvalue weighted by atomic mass is 9.91. The summed E-state index contributed by atoms with van der Waals surface area (Å²) in [6.45, 7) is 16.8. The fourth-order valence-corrected chi connectivity index (χ4v) is 0.747. The molecule has 0 bridgehead atoms. The summed E-state index contributed by atoms with van der Waals surface area (Å²) < 4.78 is 0. The van der Waals surface area contributed by atoms with Gasteiger partial charge in [0, 0.05) is 6.42 Å². The molecule has 1 heteroatoms. The van der Waals surface area contributed by atoms with Gasteiger partial charge in [0.25, 0.3) is 0 Å². The van der Waals surface area contributed by atoms with E-state index in [1.807, 2.05) is 0 Å². The molecule has 0 fully saturated rings. The molecule has 0 saturated carbocycles. The zero-order valence-electron chi connectivity index (χ0n) is 11.3. The first-order valence-electron chi connectivity index (χ1n) is 5.47. The van der Waals surface area contributed by atoms with Crippen LogP contribution in [-0.2, 0) is 4.79 Å². The van der Waals surface area contributed by atoms with E-state index in [0.29, 0.717) is 11.8 Å². The molecule has 1 nitrogen and oxygen atoms in total. The van der Waals surface area contributed by atoms with Gasteiger partial charge in [-0.1, -0.05) is 54.9 Å². The monoisotopic (exact) mass is 200 g/mol. The van der Waals surface area contributed by atoms with E-state index in [1.165, 1.54) is 6.42 Å². The lowest BCUT2D eigenvalue weighted by Gasteiger charge is -2.14. The highest BCUT2D eigenvalue weighted by Gasteiger charge is 2.11. The topological polar surface area (TPSA) is 17.1 Å². The lowest BCUT2D eigenvalue weighted by Crippen LogP contribution is -2.09. The molecule has 0 aliphatic rings. The molecule has 0 unspecified atom stereocenters. The maximum Gasteiger partial charge on any atom is 0.130 e. The van der Waals surface area contributed by atoms with Gasteiger partial charge in [-0.3, -0.25) is 0 Å². The summed E-state index contributed by atoms with van der Waals surface area (Å²) in [6.07, 6.45) is 1.96. The molecule has 86 valence electrons. The van der Waals surface area contributed by atoms with Gasteiger partial charge in [0.1, 0.15) is 5.78 Å². The summed E-state index contributed by atoms with van der Waals surface area (Å²) in [6, 6.07) is 0. The van der Waals surface area contributed by atoms with Crippen LogP contribution >= 0.6 is 0 Å². The Morgan fingerprint density at radius 2 is 1.21 bits per heavy atom. The number of carbonyl (C=O) groups is 1. The molecule has 0 atom stereocenters. The van der Waals surface area contributed by atoms with Crippen molar-refractivity contribution in [1.82, 2.24) is 0 Å². The highest BCUT2D eigenvalue weighted by Crippen LogP contribution is 2.17. The molecular weight excluding hydrogens is 172 g/mol. The predicted molar refractivity (Wildman–Crippen MR) is 64.5 cm³/mol. The van der Waals surface area contributed by atoms with Gasteiger partial charge in [-0.2, -0.15) is 0 Å². The smallest absolute Gasteiger partial charge is 0.130 e. The van der Waals surface area contributed by atoms with Gasteiger partial charge in [-0.05, 0) is 17.8 Å². The third kappa shape index (κ3) is 22.6. The highest BCUT2D eigenvalue weighted by atomic mass is 16.1. The Balaban J connectivity index is 0. The van der Waals surface area contributed by atoms with E-state index in [-0.39, 0.29) is 11.2 Å². The number of carbonyl (C=O) groups excluding carboxylic acids is 1. The second-order valence-electron chi connectivity index (χ2n) is 6.35. The molecule has 0 saturated heterocycles. The van der Waals surface area contributed by atoms with Crippen molar-refractivity contribution in [3.63, 3.8) is 0 Å². The minimum absolute atomic E-state index is 0.172. The van der Waals surface area contributed by atoms with Gasteiger partial charge < -0.3 is 4.79 Å². The van der Waals surface area contributed by atoms with Crippen LogP contribution in [0.2, 0.25) is 0 Å². The van der Waals surface area contributed by atoms with Crippen LogP contribution < -0.4 is 0 Å². The van der Waals surface area contributed by atoms with E-state index in [4.69, 9.17) is 0 Å². The second kappa shape index (κ2) is 6.21. The molecule has 0 rings (SSSR count). The van der Waals surface area contributed by atoms with Gasteiger partial charge >= 0.3 is 0 Å². The molecule has 0 aromatic carbocycles. The quantitative estimate of drug-likeness (QED) is 0.611. The summed E-state index contributed by atoms with van der Waals surface area (Å²) in [5.41, 5.74) is 0.714. The van der Waals surface area contributed by atoms with Crippen LogP contribution in [0.5, 0.6) is 0 Å². The SMILES string of the molecule is CC(=O)CC(C)(C)C.CCC(C)(C)C. The number of ketones is 1. The molecule has 0 aromatic rings. The van der Waals surface area contributed by atoms with Crippen LogP contribution in [0.4, 0.5) is 0 Å². The van der Waals surface area contributed by atoms with Crippen LogP contribution in [0.25, 0.3) is 0 Å². The first kappa shape index (κ1) is 16.1. The Morgan fingerprint density at radius 3 is 1.21 bits per heavy atom. The average Bonchev–Trinajstić information content (AvgIpc) is 1.81. The van der Waals surface area contributed by atoms with E-state index >= 15 is 0 Å². The first-order valence-corrected chi connectivity index (χ1v) is 5.47. The van der Waals surface area contributed by atoms with Crippen molar-refractivity contribution in [2.75, 3.05) is 0 Å². The fourth-order valence-electron chi connectivity index (χ4n) is 0.747. The Hall–Kier alpha value is -0.330. The Morgan fingerprint density at radius 1 is 0.929 bits per heavy atom. The minimum atomic E-state index is 0.172. The van der Waals surface area contributed by atoms with Crippen molar-refractivity contribution < 1.29 is 4.79 Å². The molecule has 0 radical (unpaired) electrons. The summed E-state index contributed by atoms with van der Waals surface area (Å²) >= 11 is 0. The van der Waals surface area contributed by atoms with E-state index in [0.717, 1.165) is 0 Å². The molecule has 0 N–H and O–H groups in total. The van der Waals surface area contributed by atoms with Crippen LogP contribution in [0.1, 0.15) is 68.2 Å². The molecular formula is C13H28O. The van der Waals surface area contributed by atoms with Crippen molar-refractivity contribution in [3.05, 3.63) is 0 Å². The van der Waals surface area contributed by atoms with Crippen molar-refractivity contribution in [1.29, 1.82) is 0 Å². The normalized spacial score (nSPS) is 11.7. The van der Waals surface area contributed by atoms with Crippen LogP contribution in [0, 0.1) is 10.8 Å². The molecule has 0 heterocycles. The maximum atomic E-state index is 10.5. The van der Waals surface area contributed by atoms with Gasteiger partial charge in [0.15, 0.2) is 0 Å². The van der Waals surface area contributed by atoms with Gasteiger partial charge in [-0.15, -0.1) is 0 Å². The van der Waals surface area contributed by atoms with Gasteiger partial charge in [0.2, 0.25) is 0 Å². The highest BCUT2D eigenvalue weighted by molar-refractivity contribution is 5.76. The zero-order valence-corrected chi connectivity index (χ0v) is 11.3. The maximum absolute atomic E-state index is 10.5. The number of rotatable bonds is 1. The molecule has 0 amide bonds. The first-order chi connectivity index (χ1) is 5.98.